The summed E-state index contributed by atoms with van der Waals surface area (Å²) < 4.78 is 25.9. The highest BCUT2D eigenvalue weighted by Gasteiger charge is 2.29. The van der Waals surface area contributed by atoms with Crippen molar-refractivity contribution in [1.29, 1.82) is 0 Å². The summed E-state index contributed by atoms with van der Waals surface area (Å²) in [6.07, 6.45) is 2.07. The molecule has 0 saturated carbocycles. The quantitative estimate of drug-likeness (QED) is 0.788. The number of hydrogen-bond acceptors (Lipinski definition) is 3. The molecule has 0 heterocycles. The van der Waals surface area contributed by atoms with Gasteiger partial charge in [0.2, 0.25) is 15.9 Å². The number of carbonyl (C=O) groups is 1. The van der Waals surface area contributed by atoms with Crippen LogP contribution in [0.3, 0.4) is 0 Å². The predicted octanol–water partition coefficient (Wildman–Crippen LogP) is 3.59. The number of carbonyl (C=O) groups excluding carboxylic acids is 1. The number of amides is 1. The first-order valence-corrected chi connectivity index (χ1v) is 10.9. The first-order chi connectivity index (χ1) is 12.6. The second kappa shape index (κ2) is 8.57. The van der Waals surface area contributed by atoms with Crippen molar-refractivity contribution in [3.63, 3.8) is 0 Å². The summed E-state index contributed by atoms with van der Waals surface area (Å²) >= 11 is 0. The molecular formula is C21H28N2O3S. The van der Waals surface area contributed by atoms with Gasteiger partial charge in [0.05, 0.1) is 18.0 Å². The van der Waals surface area contributed by atoms with E-state index < -0.39 is 16.1 Å². The van der Waals surface area contributed by atoms with E-state index in [1.165, 1.54) is 9.87 Å². The van der Waals surface area contributed by atoms with E-state index in [1.54, 1.807) is 25.1 Å². The van der Waals surface area contributed by atoms with Crippen molar-refractivity contribution in [2.75, 3.05) is 10.6 Å². The minimum Gasteiger partial charge on any atom is -0.348 e. The van der Waals surface area contributed by atoms with Crippen LogP contribution >= 0.6 is 0 Å². The molecule has 1 amide bonds. The highest BCUT2D eigenvalue weighted by atomic mass is 32.2. The van der Waals surface area contributed by atoms with Gasteiger partial charge in [-0.05, 0) is 56.0 Å². The Balaban J connectivity index is 2.21. The summed E-state index contributed by atoms with van der Waals surface area (Å²) in [5.74, 6) is -0.339. The fourth-order valence-electron chi connectivity index (χ4n) is 3.03. The molecule has 146 valence electrons. The maximum atomic E-state index is 12.8. The van der Waals surface area contributed by atoms with Crippen molar-refractivity contribution >= 4 is 21.6 Å². The molecule has 0 aliphatic rings. The average Bonchev–Trinajstić information content (AvgIpc) is 2.60. The zero-order valence-electron chi connectivity index (χ0n) is 16.6. The Morgan fingerprint density at radius 3 is 2.26 bits per heavy atom. The maximum absolute atomic E-state index is 12.8. The number of anilines is 1. The normalized spacial score (nSPS) is 13.7. The Morgan fingerprint density at radius 2 is 1.74 bits per heavy atom. The Kier molecular flexibility index (Phi) is 6.65. The summed E-state index contributed by atoms with van der Waals surface area (Å²) in [6, 6.07) is 14.1. The molecule has 2 rings (SSSR count). The first-order valence-electron chi connectivity index (χ1n) is 9.08. The van der Waals surface area contributed by atoms with E-state index in [4.69, 9.17) is 0 Å². The molecule has 0 bridgehead atoms. The number of nitrogens with one attached hydrogen (secondary N) is 1. The highest BCUT2D eigenvalue weighted by molar-refractivity contribution is 7.92. The summed E-state index contributed by atoms with van der Waals surface area (Å²) in [5, 5.41) is 2.93. The van der Waals surface area contributed by atoms with Gasteiger partial charge in [0.25, 0.3) is 0 Å². The molecular weight excluding hydrogens is 360 g/mol. The molecule has 27 heavy (non-hydrogen) atoms. The Labute approximate surface area is 162 Å². The Hall–Kier alpha value is -2.34. The summed E-state index contributed by atoms with van der Waals surface area (Å²) in [4.78, 5) is 12.8. The molecule has 0 spiro atoms. The van der Waals surface area contributed by atoms with Gasteiger partial charge >= 0.3 is 0 Å². The summed E-state index contributed by atoms with van der Waals surface area (Å²) in [7, 11) is -3.62. The molecule has 0 saturated heterocycles. The molecule has 2 aromatic rings. The molecule has 0 aliphatic carbocycles. The van der Waals surface area contributed by atoms with Crippen LogP contribution in [0.4, 0.5) is 5.69 Å². The number of sulfonamides is 1. The molecule has 0 fully saturated rings. The topological polar surface area (TPSA) is 66.5 Å². The van der Waals surface area contributed by atoms with Crippen LogP contribution in [0.2, 0.25) is 0 Å². The van der Waals surface area contributed by atoms with E-state index in [0.29, 0.717) is 5.69 Å². The SMILES string of the molecule is CCc1ccc([C@H](C)NC(=O)[C@H](C)N(c2cccc(C)c2)S(C)(=O)=O)cc1. The average molecular weight is 389 g/mol. The monoisotopic (exact) mass is 388 g/mol. The molecule has 0 radical (unpaired) electrons. The lowest BCUT2D eigenvalue weighted by Gasteiger charge is -2.29. The summed E-state index contributed by atoms with van der Waals surface area (Å²) in [5.41, 5.74) is 3.63. The van der Waals surface area contributed by atoms with Crippen LogP contribution in [-0.4, -0.2) is 26.6 Å². The number of aryl methyl sites for hydroxylation is 2. The van der Waals surface area contributed by atoms with Gasteiger partial charge in [0, 0.05) is 0 Å². The zero-order chi connectivity index (χ0) is 20.2. The lowest BCUT2D eigenvalue weighted by Crippen LogP contribution is -2.48. The molecule has 5 nitrogen and oxygen atoms in total. The minimum atomic E-state index is -3.62. The van der Waals surface area contributed by atoms with E-state index in [2.05, 4.69) is 12.2 Å². The lowest BCUT2D eigenvalue weighted by molar-refractivity contribution is -0.122. The fraction of sp³-hybridized carbons (Fsp3) is 0.381. The van der Waals surface area contributed by atoms with Crippen LogP contribution in [0.15, 0.2) is 48.5 Å². The first kappa shape index (κ1) is 21.0. The van der Waals surface area contributed by atoms with Gasteiger partial charge < -0.3 is 5.32 Å². The van der Waals surface area contributed by atoms with Crippen molar-refractivity contribution in [2.45, 2.75) is 46.2 Å². The molecule has 2 aromatic carbocycles. The second-order valence-corrected chi connectivity index (χ2v) is 8.76. The van der Waals surface area contributed by atoms with E-state index >= 15 is 0 Å². The summed E-state index contributed by atoms with van der Waals surface area (Å²) in [6.45, 7) is 7.47. The predicted molar refractivity (Wildman–Crippen MR) is 110 cm³/mol. The van der Waals surface area contributed by atoms with Gasteiger partial charge in [0.15, 0.2) is 0 Å². The van der Waals surface area contributed by atoms with E-state index in [9.17, 15) is 13.2 Å². The molecule has 6 heteroatoms. The third-order valence-electron chi connectivity index (χ3n) is 4.59. The molecule has 1 N–H and O–H groups in total. The van der Waals surface area contributed by atoms with Crippen molar-refractivity contribution in [2.24, 2.45) is 0 Å². The maximum Gasteiger partial charge on any atom is 0.244 e. The van der Waals surface area contributed by atoms with E-state index in [1.807, 2.05) is 44.2 Å². The van der Waals surface area contributed by atoms with Crippen molar-refractivity contribution in [3.8, 4) is 0 Å². The third kappa shape index (κ3) is 5.32. The van der Waals surface area contributed by atoms with E-state index in [0.717, 1.165) is 23.8 Å². The van der Waals surface area contributed by atoms with Gasteiger partial charge in [0.1, 0.15) is 6.04 Å². The standard InChI is InChI=1S/C21H28N2O3S/c1-6-18-10-12-19(13-11-18)16(3)22-21(24)17(4)23(27(5,25)26)20-9-7-8-15(2)14-20/h7-14,16-17H,6H2,1-5H3,(H,22,24)/t16-,17-/m0/s1. The van der Waals surface area contributed by atoms with Gasteiger partial charge in [-0.3, -0.25) is 9.10 Å². The van der Waals surface area contributed by atoms with Crippen LogP contribution in [0.1, 0.15) is 43.5 Å². The third-order valence-corrected chi connectivity index (χ3v) is 5.83. The van der Waals surface area contributed by atoms with Crippen molar-refractivity contribution < 1.29 is 13.2 Å². The molecule has 0 aromatic heterocycles. The van der Waals surface area contributed by atoms with Crippen LogP contribution in [-0.2, 0) is 21.2 Å². The highest BCUT2D eigenvalue weighted by Crippen LogP contribution is 2.22. The van der Waals surface area contributed by atoms with Gasteiger partial charge in [-0.1, -0.05) is 43.3 Å². The zero-order valence-corrected chi connectivity index (χ0v) is 17.4. The minimum absolute atomic E-state index is 0.218. The number of nitrogens with zero attached hydrogens (tertiary/aromatic N) is 1. The van der Waals surface area contributed by atoms with Crippen molar-refractivity contribution in [3.05, 3.63) is 65.2 Å². The Morgan fingerprint density at radius 1 is 1.11 bits per heavy atom. The van der Waals surface area contributed by atoms with Gasteiger partial charge in [-0.15, -0.1) is 0 Å². The van der Waals surface area contributed by atoms with E-state index in [-0.39, 0.29) is 11.9 Å². The van der Waals surface area contributed by atoms with Crippen LogP contribution in [0.5, 0.6) is 0 Å². The largest absolute Gasteiger partial charge is 0.348 e. The van der Waals surface area contributed by atoms with Crippen molar-refractivity contribution in [1.82, 2.24) is 5.32 Å². The number of hydrogen-bond donors (Lipinski definition) is 1. The smallest absolute Gasteiger partial charge is 0.244 e. The number of benzene rings is 2. The van der Waals surface area contributed by atoms with Crippen LogP contribution < -0.4 is 9.62 Å². The fourth-order valence-corrected chi connectivity index (χ4v) is 4.20. The second-order valence-electron chi connectivity index (χ2n) is 6.90. The van der Waals surface area contributed by atoms with Crippen LogP contribution in [0, 0.1) is 6.92 Å². The molecule has 2 atom stereocenters. The lowest BCUT2D eigenvalue weighted by atomic mass is 10.0. The molecule has 0 unspecified atom stereocenters. The molecule has 0 aliphatic heterocycles. The number of rotatable bonds is 7. The van der Waals surface area contributed by atoms with Gasteiger partial charge in [-0.25, -0.2) is 8.42 Å². The van der Waals surface area contributed by atoms with Gasteiger partial charge in [-0.2, -0.15) is 0 Å². The van der Waals surface area contributed by atoms with Crippen LogP contribution in [0.25, 0.3) is 0 Å². The Bertz CT molecular complexity index is 892.